The second kappa shape index (κ2) is 8.34. The molecule has 0 aliphatic carbocycles. The summed E-state index contributed by atoms with van der Waals surface area (Å²) in [6.07, 6.45) is 3.33. The number of aromatic nitrogens is 1. The van der Waals surface area contributed by atoms with E-state index in [4.69, 9.17) is 9.47 Å². The van der Waals surface area contributed by atoms with Gasteiger partial charge >= 0.3 is 5.97 Å². The molecule has 0 spiro atoms. The van der Waals surface area contributed by atoms with Crippen LogP contribution in [0.2, 0.25) is 0 Å². The summed E-state index contributed by atoms with van der Waals surface area (Å²) in [6, 6.07) is 0. The van der Waals surface area contributed by atoms with Gasteiger partial charge in [0.15, 0.2) is 0 Å². The van der Waals surface area contributed by atoms with Gasteiger partial charge in [0.25, 0.3) is 0 Å². The van der Waals surface area contributed by atoms with Crippen molar-refractivity contribution in [2.24, 2.45) is 0 Å². The lowest BCUT2D eigenvalue weighted by molar-refractivity contribution is -0.132. The average Bonchev–Trinajstić information content (AvgIpc) is 2.82. The van der Waals surface area contributed by atoms with Crippen molar-refractivity contribution < 1.29 is 19.1 Å². The minimum atomic E-state index is -0.345. The number of hydrogen-bond donors (Lipinski definition) is 0. The maximum absolute atomic E-state index is 12.5. The van der Waals surface area contributed by atoms with Crippen LogP contribution in [-0.2, 0) is 20.8 Å². The van der Waals surface area contributed by atoms with Crippen molar-refractivity contribution in [3.63, 3.8) is 0 Å². The maximum Gasteiger partial charge on any atom is 0.340 e. The quantitative estimate of drug-likeness (QED) is 0.606. The summed E-state index contributed by atoms with van der Waals surface area (Å²) in [5.74, 6) is -0.409. The molecule has 0 N–H and O–H groups in total. The van der Waals surface area contributed by atoms with Crippen LogP contribution in [0.25, 0.3) is 6.08 Å². The molecule has 0 radical (unpaired) electrons. The van der Waals surface area contributed by atoms with Crippen LogP contribution < -0.4 is 0 Å². The van der Waals surface area contributed by atoms with Crippen molar-refractivity contribution in [2.75, 3.05) is 26.3 Å². The molecule has 1 fully saturated rings. The predicted molar refractivity (Wildman–Crippen MR) is 96.6 cm³/mol. The van der Waals surface area contributed by atoms with Gasteiger partial charge < -0.3 is 18.9 Å². The zero-order valence-electron chi connectivity index (χ0n) is 15.8. The zero-order valence-corrected chi connectivity index (χ0v) is 15.8. The summed E-state index contributed by atoms with van der Waals surface area (Å²) < 4.78 is 12.7. The molecule has 1 aliphatic rings. The minimum absolute atomic E-state index is 0.0475. The molecule has 0 saturated carbocycles. The predicted octanol–water partition coefficient (Wildman–Crippen LogP) is 2.56. The van der Waals surface area contributed by atoms with Crippen LogP contribution in [-0.4, -0.2) is 53.8 Å². The Hall–Kier alpha value is -2.08. The summed E-state index contributed by atoms with van der Waals surface area (Å²) in [4.78, 5) is 26.6. The van der Waals surface area contributed by atoms with E-state index in [1.54, 1.807) is 24.0 Å². The lowest BCUT2D eigenvalue weighted by Crippen LogP contribution is -2.43. The summed E-state index contributed by atoms with van der Waals surface area (Å²) in [7, 11) is 0. The van der Waals surface area contributed by atoms with E-state index >= 15 is 0 Å². The van der Waals surface area contributed by atoms with Crippen LogP contribution in [0, 0.1) is 13.8 Å². The molecule has 2 heterocycles. The summed E-state index contributed by atoms with van der Waals surface area (Å²) >= 11 is 0. The number of ether oxygens (including phenoxy) is 2. The molecular formula is C19H28N2O4. The average molecular weight is 348 g/mol. The van der Waals surface area contributed by atoms with E-state index in [2.05, 4.69) is 4.57 Å². The maximum atomic E-state index is 12.5. The van der Waals surface area contributed by atoms with Crippen LogP contribution in [0.4, 0.5) is 0 Å². The Morgan fingerprint density at radius 3 is 2.60 bits per heavy atom. The lowest BCUT2D eigenvalue weighted by atomic mass is 10.1. The molecule has 1 aromatic rings. The molecule has 138 valence electrons. The molecule has 1 aromatic heterocycles. The van der Waals surface area contributed by atoms with Crippen LogP contribution in [0.15, 0.2) is 6.08 Å². The number of amides is 1. The second-order valence-electron chi connectivity index (χ2n) is 6.22. The first-order valence-electron chi connectivity index (χ1n) is 8.86. The van der Waals surface area contributed by atoms with Gasteiger partial charge in [-0.2, -0.15) is 0 Å². The van der Waals surface area contributed by atoms with E-state index in [-0.39, 0.29) is 18.0 Å². The van der Waals surface area contributed by atoms with Crippen LogP contribution >= 0.6 is 0 Å². The summed E-state index contributed by atoms with van der Waals surface area (Å²) in [6.45, 7) is 12.4. The van der Waals surface area contributed by atoms with E-state index in [9.17, 15) is 9.59 Å². The van der Waals surface area contributed by atoms with E-state index in [1.807, 2.05) is 27.7 Å². The van der Waals surface area contributed by atoms with E-state index in [0.717, 1.165) is 23.5 Å². The lowest BCUT2D eigenvalue weighted by Gasteiger charge is -2.30. The van der Waals surface area contributed by atoms with Crippen LogP contribution in [0.1, 0.15) is 48.1 Å². The highest BCUT2D eigenvalue weighted by atomic mass is 16.5. The largest absolute Gasteiger partial charge is 0.462 e. The fraction of sp³-hybridized carbons (Fsp3) is 0.579. The number of esters is 1. The van der Waals surface area contributed by atoms with Crippen molar-refractivity contribution in [1.82, 2.24) is 9.47 Å². The minimum Gasteiger partial charge on any atom is -0.462 e. The zero-order chi connectivity index (χ0) is 18.6. The van der Waals surface area contributed by atoms with Gasteiger partial charge in [0.2, 0.25) is 5.91 Å². The van der Waals surface area contributed by atoms with Crippen molar-refractivity contribution in [3.8, 4) is 0 Å². The standard InChI is InChI=1S/C19H28N2O4/c1-6-21-14(4)16(18(15(21)5)19(23)24-7-2)8-9-17(22)20-10-11-25-13(3)12-20/h8-9,13H,6-7,10-12H2,1-5H3/b9-8+. The Labute approximate surface area is 149 Å². The Balaban J connectivity index is 2.31. The highest BCUT2D eigenvalue weighted by Gasteiger charge is 2.23. The highest BCUT2D eigenvalue weighted by molar-refractivity contribution is 5.98. The normalized spacial score (nSPS) is 18.0. The Kier molecular flexibility index (Phi) is 6.42. The first-order chi connectivity index (χ1) is 11.9. The van der Waals surface area contributed by atoms with Gasteiger partial charge in [-0.15, -0.1) is 0 Å². The molecule has 1 aliphatic heterocycles. The highest BCUT2D eigenvalue weighted by Crippen LogP contribution is 2.25. The third-order valence-corrected chi connectivity index (χ3v) is 4.57. The fourth-order valence-corrected chi connectivity index (χ4v) is 3.33. The number of morpholine rings is 1. The van der Waals surface area contributed by atoms with Crippen molar-refractivity contribution in [3.05, 3.63) is 28.6 Å². The number of rotatable bonds is 5. The number of carbonyl (C=O) groups excluding carboxylic acids is 2. The van der Waals surface area contributed by atoms with Gasteiger partial charge in [0, 0.05) is 42.7 Å². The van der Waals surface area contributed by atoms with E-state index < -0.39 is 0 Å². The molecule has 0 aromatic carbocycles. The van der Waals surface area contributed by atoms with E-state index in [0.29, 0.717) is 31.9 Å². The van der Waals surface area contributed by atoms with Crippen molar-refractivity contribution in [2.45, 2.75) is 47.3 Å². The number of hydrogen-bond acceptors (Lipinski definition) is 4. The van der Waals surface area contributed by atoms with Gasteiger partial charge in [-0.1, -0.05) is 0 Å². The monoisotopic (exact) mass is 348 g/mol. The van der Waals surface area contributed by atoms with Crippen LogP contribution in [0.3, 0.4) is 0 Å². The fourth-order valence-electron chi connectivity index (χ4n) is 3.33. The van der Waals surface area contributed by atoms with Crippen LogP contribution in [0.5, 0.6) is 0 Å². The molecule has 6 heteroatoms. The number of carbonyl (C=O) groups is 2. The Morgan fingerprint density at radius 1 is 1.28 bits per heavy atom. The molecule has 1 amide bonds. The topological polar surface area (TPSA) is 60.8 Å². The van der Waals surface area contributed by atoms with Gasteiger partial charge in [-0.05, 0) is 40.7 Å². The molecule has 1 unspecified atom stereocenters. The molecule has 1 atom stereocenters. The van der Waals surface area contributed by atoms with Crippen molar-refractivity contribution >= 4 is 18.0 Å². The third-order valence-electron chi connectivity index (χ3n) is 4.57. The summed E-state index contributed by atoms with van der Waals surface area (Å²) in [5.41, 5.74) is 3.13. The SMILES string of the molecule is CCOC(=O)c1c(/C=C/C(=O)N2CCOC(C)C2)c(C)n(CC)c1C. The molecule has 25 heavy (non-hydrogen) atoms. The Bertz CT molecular complexity index is 675. The number of nitrogens with zero attached hydrogens (tertiary/aromatic N) is 2. The third kappa shape index (κ3) is 4.12. The van der Waals surface area contributed by atoms with Crippen molar-refractivity contribution in [1.29, 1.82) is 0 Å². The molecule has 0 bridgehead atoms. The van der Waals surface area contributed by atoms with Gasteiger partial charge in [-0.25, -0.2) is 4.79 Å². The first-order valence-corrected chi connectivity index (χ1v) is 8.86. The smallest absolute Gasteiger partial charge is 0.340 e. The van der Waals surface area contributed by atoms with Gasteiger partial charge in [0.1, 0.15) is 0 Å². The van der Waals surface area contributed by atoms with Gasteiger partial charge in [-0.3, -0.25) is 4.79 Å². The molecular weight excluding hydrogens is 320 g/mol. The van der Waals surface area contributed by atoms with Gasteiger partial charge in [0.05, 0.1) is 24.9 Å². The molecule has 6 nitrogen and oxygen atoms in total. The van der Waals surface area contributed by atoms with E-state index in [1.165, 1.54) is 0 Å². The molecule has 2 rings (SSSR count). The first kappa shape index (κ1) is 19.2. The molecule has 1 saturated heterocycles. The second-order valence-corrected chi connectivity index (χ2v) is 6.22. The summed E-state index contributed by atoms with van der Waals surface area (Å²) in [5, 5.41) is 0. The Morgan fingerprint density at radius 2 is 2.00 bits per heavy atom.